The maximum absolute atomic E-state index is 11.8. The summed E-state index contributed by atoms with van der Waals surface area (Å²) in [6.45, 7) is 2.70. The van der Waals surface area contributed by atoms with Gasteiger partial charge in [0.15, 0.2) is 0 Å². The predicted molar refractivity (Wildman–Crippen MR) is 73.4 cm³/mol. The number of aromatic nitrogens is 1. The van der Waals surface area contributed by atoms with Gasteiger partial charge >= 0.3 is 0 Å². The first-order valence-corrected chi connectivity index (χ1v) is 8.53. The molecular weight excluding hydrogens is 284 g/mol. The minimum absolute atomic E-state index is 0.238. The highest BCUT2D eigenvalue weighted by atomic mass is 32.2. The first-order valence-electron chi connectivity index (χ1n) is 6.04. The van der Waals surface area contributed by atoms with E-state index >= 15 is 0 Å². The molecule has 1 saturated heterocycles. The van der Waals surface area contributed by atoms with E-state index in [1.165, 1.54) is 4.31 Å². The first-order chi connectivity index (χ1) is 9.06. The predicted octanol–water partition coefficient (Wildman–Crippen LogP) is 2.25. The van der Waals surface area contributed by atoms with E-state index in [0.717, 1.165) is 4.88 Å². The first kappa shape index (κ1) is 12.8. The standard InChI is InChI=1S/C12H14N2O3S2/c1-9-10(8-14-5-3-7-19(14,15)16)13-12(17-9)11-4-2-6-18-11/h2,4,6H,3,5,7-8H2,1H3. The van der Waals surface area contributed by atoms with Crippen molar-refractivity contribution in [1.29, 1.82) is 0 Å². The molecule has 1 aliphatic heterocycles. The van der Waals surface area contributed by atoms with Crippen molar-refractivity contribution >= 4 is 21.4 Å². The van der Waals surface area contributed by atoms with E-state index in [2.05, 4.69) is 4.98 Å². The minimum Gasteiger partial charge on any atom is -0.440 e. The van der Waals surface area contributed by atoms with E-state index in [1.54, 1.807) is 11.3 Å². The molecule has 0 atom stereocenters. The Balaban J connectivity index is 1.86. The monoisotopic (exact) mass is 298 g/mol. The van der Waals surface area contributed by atoms with Crippen molar-refractivity contribution in [2.45, 2.75) is 19.9 Å². The van der Waals surface area contributed by atoms with Crippen LogP contribution in [0.5, 0.6) is 0 Å². The quantitative estimate of drug-likeness (QED) is 0.872. The van der Waals surface area contributed by atoms with Gasteiger partial charge in [0.05, 0.1) is 22.9 Å². The van der Waals surface area contributed by atoms with E-state index in [1.807, 2.05) is 24.4 Å². The van der Waals surface area contributed by atoms with Crippen molar-refractivity contribution in [2.24, 2.45) is 0 Å². The third-order valence-corrected chi connectivity index (χ3v) is 5.91. The zero-order valence-corrected chi connectivity index (χ0v) is 12.1. The number of hydrogen-bond donors (Lipinski definition) is 0. The molecule has 0 N–H and O–H groups in total. The van der Waals surface area contributed by atoms with Gasteiger partial charge in [0.25, 0.3) is 0 Å². The van der Waals surface area contributed by atoms with Gasteiger partial charge in [-0.2, -0.15) is 4.31 Å². The molecule has 7 heteroatoms. The van der Waals surface area contributed by atoms with Crippen LogP contribution in [0.25, 0.3) is 10.8 Å². The van der Waals surface area contributed by atoms with Crippen LogP contribution in [0.15, 0.2) is 21.9 Å². The number of aryl methyl sites for hydroxylation is 1. The fourth-order valence-electron chi connectivity index (χ4n) is 2.12. The molecule has 2 aromatic rings. The highest BCUT2D eigenvalue weighted by Gasteiger charge is 2.29. The maximum Gasteiger partial charge on any atom is 0.236 e. The second-order valence-corrected chi connectivity index (χ2v) is 7.54. The number of oxazole rings is 1. The molecular formula is C12H14N2O3S2. The Morgan fingerprint density at radius 2 is 2.37 bits per heavy atom. The second-order valence-electron chi connectivity index (χ2n) is 4.50. The number of sulfonamides is 1. The number of hydrogen-bond acceptors (Lipinski definition) is 5. The molecule has 0 amide bonds. The molecule has 0 radical (unpaired) electrons. The highest BCUT2D eigenvalue weighted by Crippen LogP contribution is 2.27. The van der Waals surface area contributed by atoms with Crippen molar-refractivity contribution in [3.63, 3.8) is 0 Å². The molecule has 0 spiro atoms. The molecule has 102 valence electrons. The van der Waals surface area contributed by atoms with Crippen LogP contribution in [-0.2, 0) is 16.6 Å². The lowest BCUT2D eigenvalue weighted by Crippen LogP contribution is -2.25. The number of rotatable bonds is 3. The molecule has 3 heterocycles. The van der Waals surface area contributed by atoms with Gasteiger partial charge in [0, 0.05) is 6.54 Å². The maximum atomic E-state index is 11.8. The van der Waals surface area contributed by atoms with Crippen molar-refractivity contribution in [3.05, 3.63) is 29.0 Å². The van der Waals surface area contributed by atoms with Crippen LogP contribution in [0.4, 0.5) is 0 Å². The lowest BCUT2D eigenvalue weighted by molar-refractivity contribution is 0.431. The normalized spacial score (nSPS) is 19.0. The summed E-state index contributed by atoms with van der Waals surface area (Å²) >= 11 is 1.55. The fourth-order valence-corrected chi connectivity index (χ4v) is 4.24. The van der Waals surface area contributed by atoms with Crippen molar-refractivity contribution < 1.29 is 12.8 Å². The van der Waals surface area contributed by atoms with Crippen LogP contribution >= 0.6 is 11.3 Å². The lowest BCUT2D eigenvalue weighted by atomic mass is 10.3. The summed E-state index contributed by atoms with van der Waals surface area (Å²) in [5, 5.41) is 1.96. The third kappa shape index (κ3) is 2.45. The van der Waals surface area contributed by atoms with Gasteiger partial charge in [-0.3, -0.25) is 0 Å². The second kappa shape index (κ2) is 4.73. The largest absolute Gasteiger partial charge is 0.440 e. The number of thiophene rings is 1. The molecule has 19 heavy (non-hydrogen) atoms. The zero-order chi connectivity index (χ0) is 13.5. The summed E-state index contributed by atoms with van der Waals surface area (Å²) in [6.07, 6.45) is 0.691. The van der Waals surface area contributed by atoms with E-state index in [0.29, 0.717) is 36.9 Å². The summed E-state index contributed by atoms with van der Waals surface area (Å²) in [4.78, 5) is 5.38. The van der Waals surface area contributed by atoms with Gasteiger partial charge < -0.3 is 4.42 Å². The smallest absolute Gasteiger partial charge is 0.236 e. The highest BCUT2D eigenvalue weighted by molar-refractivity contribution is 7.89. The van der Waals surface area contributed by atoms with E-state index in [-0.39, 0.29) is 5.75 Å². The fraction of sp³-hybridized carbons (Fsp3) is 0.417. The Morgan fingerprint density at radius 3 is 3.00 bits per heavy atom. The van der Waals surface area contributed by atoms with Crippen LogP contribution < -0.4 is 0 Å². The molecule has 0 aromatic carbocycles. The van der Waals surface area contributed by atoms with E-state index in [4.69, 9.17) is 4.42 Å². The molecule has 0 aliphatic carbocycles. The van der Waals surface area contributed by atoms with Crippen LogP contribution in [0.3, 0.4) is 0 Å². The van der Waals surface area contributed by atoms with Gasteiger partial charge in [-0.25, -0.2) is 13.4 Å². The van der Waals surface area contributed by atoms with Crippen LogP contribution in [-0.4, -0.2) is 30.0 Å². The van der Waals surface area contributed by atoms with E-state index < -0.39 is 10.0 Å². The summed E-state index contributed by atoms with van der Waals surface area (Å²) in [6, 6.07) is 3.87. The molecule has 2 aromatic heterocycles. The van der Waals surface area contributed by atoms with Crippen molar-refractivity contribution in [3.8, 4) is 10.8 Å². The summed E-state index contributed by atoms with van der Waals surface area (Å²) in [5.41, 5.74) is 0.703. The molecule has 0 saturated carbocycles. The Kier molecular flexibility index (Phi) is 3.20. The Morgan fingerprint density at radius 1 is 1.53 bits per heavy atom. The number of nitrogens with zero attached hydrogens (tertiary/aromatic N) is 2. The molecule has 0 bridgehead atoms. The van der Waals surface area contributed by atoms with Crippen molar-refractivity contribution in [1.82, 2.24) is 9.29 Å². The lowest BCUT2D eigenvalue weighted by Gasteiger charge is -2.12. The Labute approximate surface area is 115 Å². The minimum atomic E-state index is -3.09. The average Bonchev–Trinajstić information content (AvgIpc) is 3.02. The van der Waals surface area contributed by atoms with Gasteiger partial charge in [-0.05, 0) is 24.8 Å². The van der Waals surface area contributed by atoms with Crippen LogP contribution in [0.2, 0.25) is 0 Å². The molecule has 5 nitrogen and oxygen atoms in total. The van der Waals surface area contributed by atoms with E-state index in [9.17, 15) is 8.42 Å². The van der Waals surface area contributed by atoms with Crippen LogP contribution in [0.1, 0.15) is 17.9 Å². The summed E-state index contributed by atoms with van der Waals surface area (Å²) in [5.74, 6) is 1.49. The zero-order valence-electron chi connectivity index (χ0n) is 10.5. The van der Waals surface area contributed by atoms with Gasteiger partial charge in [0.1, 0.15) is 5.76 Å². The SMILES string of the molecule is Cc1oc(-c2cccs2)nc1CN1CCCS1(=O)=O. The summed E-state index contributed by atoms with van der Waals surface area (Å²) in [7, 11) is -3.09. The Bertz CT molecular complexity index is 674. The average molecular weight is 298 g/mol. The molecule has 1 fully saturated rings. The topological polar surface area (TPSA) is 63.4 Å². The van der Waals surface area contributed by atoms with Crippen LogP contribution in [0, 0.1) is 6.92 Å². The van der Waals surface area contributed by atoms with Gasteiger partial charge in [0.2, 0.25) is 15.9 Å². The third-order valence-electron chi connectivity index (χ3n) is 3.15. The van der Waals surface area contributed by atoms with Gasteiger partial charge in [-0.15, -0.1) is 11.3 Å². The van der Waals surface area contributed by atoms with Crippen molar-refractivity contribution in [2.75, 3.05) is 12.3 Å². The van der Waals surface area contributed by atoms with Gasteiger partial charge in [-0.1, -0.05) is 6.07 Å². The summed E-state index contributed by atoms with van der Waals surface area (Å²) < 4.78 is 30.7. The molecule has 0 unspecified atom stereocenters. The molecule has 1 aliphatic rings. The molecule has 3 rings (SSSR count). The Hall–Kier alpha value is -1.18.